The van der Waals surface area contributed by atoms with Crippen molar-refractivity contribution in [3.05, 3.63) is 65.9 Å². The molecule has 1 saturated heterocycles. The molecule has 1 aliphatic heterocycles. The van der Waals surface area contributed by atoms with E-state index in [9.17, 15) is 24.0 Å². The lowest BCUT2D eigenvalue weighted by Gasteiger charge is -2.25. The number of carbonyl (C=O) groups is 5. The van der Waals surface area contributed by atoms with Crippen molar-refractivity contribution in [2.45, 2.75) is 31.5 Å². The number of fused-ring (bicyclic) bond motifs is 1. The minimum absolute atomic E-state index is 0.121. The Bertz CT molecular complexity index is 1470. The molecule has 2 aromatic carbocycles. The highest BCUT2D eigenvalue weighted by Crippen LogP contribution is 2.34. The normalized spacial score (nSPS) is 16.0. The van der Waals surface area contributed by atoms with Crippen molar-refractivity contribution < 1.29 is 28.7 Å². The molecule has 5 rings (SSSR count). The van der Waals surface area contributed by atoms with Crippen LogP contribution in [0.5, 0.6) is 5.75 Å². The number of nitrogens with one attached hydrogen (secondary N) is 5. The van der Waals surface area contributed by atoms with Crippen LogP contribution in [0.4, 0.5) is 4.79 Å². The molecular formula is C29H32N6O6. The largest absolute Gasteiger partial charge is 0.496 e. The van der Waals surface area contributed by atoms with Crippen molar-refractivity contribution >= 4 is 40.4 Å². The van der Waals surface area contributed by atoms with Gasteiger partial charge in [0.15, 0.2) is 0 Å². The molecule has 214 valence electrons. The maximum absolute atomic E-state index is 13.5. The summed E-state index contributed by atoms with van der Waals surface area (Å²) in [5, 5.41) is 11.3. The van der Waals surface area contributed by atoms with Gasteiger partial charge in [-0.3, -0.25) is 19.2 Å². The molecule has 41 heavy (non-hydrogen) atoms. The lowest BCUT2D eigenvalue weighted by atomic mass is 10.1. The third kappa shape index (κ3) is 6.32. The van der Waals surface area contributed by atoms with E-state index in [1.807, 2.05) is 36.4 Å². The molecule has 12 heteroatoms. The van der Waals surface area contributed by atoms with Crippen molar-refractivity contribution in [2.75, 3.05) is 26.7 Å². The fraction of sp³-hybridized carbons (Fsp3) is 0.345. The van der Waals surface area contributed by atoms with Crippen molar-refractivity contribution in [2.24, 2.45) is 5.92 Å². The first-order valence-corrected chi connectivity index (χ1v) is 13.5. The highest BCUT2D eigenvalue weighted by molar-refractivity contribution is 6.38. The average molecular weight is 561 g/mol. The van der Waals surface area contributed by atoms with Gasteiger partial charge in [0.05, 0.1) is 24.6 Å². The third-order valence-electron chi connectivity index (χ3n) is 7.30. The summed E-state index contributed by atoms with van der Waals surface area (Å²) in [5.41, 5.74) is 1.83. The number of aromatic amines is 1. The monoisotopic (exact) mass is 560 g/mol. The van der Waals surface area contributed by atoms with Crippen LogP contribution in [0.25, 0.3) is 10.9 Å². The Balaban J connectivity index is 1.31. The number of urea groups is 1. The van der Waals surface area contributed by atoms with E-state index in [0.717, 1.165) is 18.4 Å². The van der Waals surface area contributed by atoms with E-state index >= 15 is 0 Å². The number of benzene rings is 2. The van der Waals surface area contributed by atoms with Crippen LogP contribution in [0.15, 0.2) is 54.7 Å². The number of H-pyrrole nitrogens is 1. The molecule has 1 aliphatic carbocycles. The summed E-state index contributed by atoms with van der Waals surface area (Å²) in [6.07, 6.45) is 3.00. The van der Waals surface area contributed by atoms with Crippen LogP contribution in [-0.2, 0) is 20.9 Å². The standard InChI is InChI=1S/C29H32N6O6/c1-41-22-9-5-8-20-23(22)19(15-31-20)26(37)34-24(18-10-11-18)27(38)33-21(16-35-13-12-30-29(35)40)25(36)28(39)32-14-17-6-3-2-4-7-17/h2-9,15,18,21,24,31H,10-14,16H2,1H3,(H,30,40)(H,32,39)(H,33,38)(H,34,37)/t21?,24-/m0/s1. The van der Waals surface area contributed by atoms with Crippen LogP contribution in [-0.4, -0.2) is 78.2 Å². The number of methoxy groups -OCH3 is 1. The Morgan fingerprint density at radius 1 is 1.05 bits per heavy atom. The topological polar surface area (TPSA) is 162 Å². The lowest BCUT2D eigenvalue weighted by molar-refractivity contribution is -0.140. The van der Waals surface area contributed by atoms with Gasteiger partial charge in [-0.05, 0) is 36.5 Å². The van der Waals surface area contributed by atoms with Gasteiger partial charge in [-0.2, -0.15) is 0 Å². The van der Waals surface area contributed by atoms with Gasteiger partial charge in [-0.1, -0.05) is 36.4 Å². The van der Waals surface area contributed by atoms with Crippen LogP contribution in [0, 0.1) is 5.92 Å². The fourth-order valence-electron chi connectivity index (χ4n) is 4.93. The first-order chi connectivity index (χ1) is 19.9. The summed E-state index contributed by atoms with van der Waals surface area (Å²) >= 11 is 0. The van der Waals surface area contributed by atoms with E-state index in [2.05, 4.69) is 26.3 Å². The van der Waals surface area contributed by atoms with Crippen LogP contribution in [0.3, 0.4) is 0 Å². The maximum atomic E-state index is 13.5. The van der Waals surface area contributed by atoms with Gasteiger partial charge in [0.25, 0.3) is 11.8 Å². The van der Waals surface area contributed by atoms with Gasteiger partial charge in [-0.25, -0.2) is 4.79 Å². The van der Waals surface area contributed by atoms with Crippen LogP contribution in [0.2, 0.25) is 0 Å². The zero-order valence-electron chi connectivity index (χ0n) is 22.6. The van der Waals surface area contributed by atoms with E-state index in [4.69, 9.17) is 4.74 Å². The highest BCUT2D eigenvalue weighted by atomic mass is 16.5. The van der Waals surface area contributed by atoms with Gasteiger partial charge in [0.1, 0.15) is 17.8 Å². The Hall–Kier alpha value is -4.87. The molecule has 2 fully saturated rings. The van der Waals surface area contributed by atoms with Crippen molar-refractivity contribution in [3.8, 4) is 5.75 Å². The summed E-state index contributed by atoms with van der Waals surface area (Å²) in [6.45, 7) is 0.670. The second-order valence-electron chi connectivity index (χ2n) is 10.1. The summed E-state index contributed by atoms with van der Waals surface area (Å²) in [7, 11) is 1.51. The van der Waals surface area contributed by atoms with Gasteiger partial charge in [0, 0.05) is 31.3 Å². The summed E-state index contributed by atoms with van der Waals surface area (Å²) in [5.74, 6) is -2.44. The van der Waals surface area contributed by atoms with Crippen molar-refractivity contribution in [3.63, 3.8) is 0 Å². The molecule has 2 atom stereocenters. The van der Waals surface area contributed by atoms with Crippen LogP contribution >= 0.6 is 0 Å². The number of carbonyl (C=O) groups excluding carboxylic acids is 5. The predicted molar refractivity (Wildman–Crippen MR) is 149 cm³/mol. The van der Waals surface area contributed by atoms with Crippen LogP contribution in [0.1, 0.15) is 28.8 Å². The molecule has 12 nitrogen and oxygen atoms in total. The molecule has 1 aromatic heterocycles. The smallest absolute Gasteiger partial charge is 0.317 e. The van der Waals surface area contributed by atoms with E-state index in [-0.39, 0.29) is 25.0 Å². The lowest BCUT2D eigenvalue weighted by Crippen LogP contribution is -2.57. The maximum Gasteiger partial charge on any atom is 0.317 e. The fourth-order valence-corrected chi connectivity index (χ4v) is 4.93. The van der Waals surface area contributed by atoms with Crippen molar-refractivity contribution in [1.82, 2.24) is 31.2 Å². The quantitative estimate of drug-likeness (QED) is 0.208. The number of nitrogens with zero attached hydrogens (tertiary/aromatic N) is 1. The van der Waals surface area contributed by atoms with Crippen LogP contribution < -0.4 is 26.0 Å². The number of amides is 5. The first-order valence-electron chi connectivity index (χ1n) is 13.5. The molecule has 3 aromatic rings. The third-order valence-corrected chi connectivity index (χ3v) is 7.30. The zero-order valence-corrected chi connectivity index (χ0v) is 22.6. The van der Waals surface area contributed by atoms with Gasteiger partial charge in [-0.15, -0.1) is 0 Å². The molecule has 2 aliphatic rings. The number of ketones is 1. The Morgan fingerprint density at radius 3 is 2.51 bits per heavy atom. The molecule has 0 spiro atoms. The molecule has 1 saturated carbocycles. The molecule has 0 radical (unpaired) electrons. The molecule has 5 N–H and O–H groups in total. The second-order valence-corrected chi connectivity index (χ2v) is 10.1. The minimum atomic E-state index is -1.30. The molecule has 1 unspecified atom stereocenters. The number of rotatable bonds is 12. The zero-order chi connectivity index (χ0) is 28.9. The molecule has 2 heterocycles. The number of Topliss-reactive ketones (excluding diaryl/α,β-unsaturated/α-hetero) is 1. The SMILES string of the molecule is COc1cccc2[nH]cc(C(=O)N[C@H](C(=O)NC(CN3CCNC3=O)C(=O)C(=O)NCc3ccccc3)C3CC3)c12. The summed E-state index contributed by atoms with van der Waals surface area (Å²) < 4.78 is 5.42. The van der Waals surface area contributed by atoms with E-state index < -0.39 is 35.6 Å². The number of hydrogen-bond donors (Lipinski definition) is 5. The average Bonchev–Trinajstić information content (AvgIpc) is 3.61. The minimum Gasteiger partial charge on any atom is -0.496 e. The van der Waals surface area contributed by atoms with E-state index in [1.54, 1.807) is 18.3 Å². The highest BCUT2D eigenvalue weighted by Gasteiger charge is 2.40. The Morgan fingerprint density at radius 2 is 1.83 bits per heavy atom. The number of aromatic nitrogens is 1. The van der Waals surface area contributed by atoms with Crippen molar-refractivity contribution in [1.29, 1.82) is 0 Å². The van der Waals surface area contributed by atoms with E-state index in [1.165, 1.54) is 12.0 Å². The summed E-state index contributed by atoms with van der Waals surface area (Å²) in [6, 6.07) is 11.8. The van der Waals surface area contributed by atoms with Gasteiger partial charge >= 0.3 is 6.03 Å². The number of hydrogen-bond acceptors (Lipinski definition) is 6. The molecule has 5 amide bonds. The number of ether oxygens (including phenoxy) is 1. The Labute approximate surface area is 236 Å². The molecular weight excluding hydrogens is 528 g/mol. The summed E-state index contributed by atoms with van der Waals surface area (Å²) in [4.78, 5) is 69.5. The predicted octanol–water partition coefficient (Wildman–Crippen LogP) is 1.08. The second kappa shape index (κ2) is 12.1. The Kier molecular flexibility index (Phi) is 8.18. The molecule has 0 bridgehead atoms. The first kappa shape index (κ1) is 27.7. The van der Waals surface area contributed by atoms with Gasteiger partial charge in [0.2, 0.25) is 11.7 Å². The van der Waals surface area contributed by atoms with Gasteiger partial charge < -0.3 is 35.9 Å². The van der Waals surface area contributed by atoms with E-state index in [0.29, 0.717) is 35.3 Å².